The highest BCUT2D eigenvalue weighted by atomic mass is 31.2. The molecular formula is C11H26N2O4P+. The summed E-state index contributed by atoms with van der Waals surface area (Å²) >= 11 is 0. The average Bonchev–Trinajstić information content (AvgIpc) is 2.36. The van der Waals surface area contributed by atoms with Crippen LogP contribution >= 0.6 is 8.60 Å². The molecule has 1 heterocycles. The molecule has 1 saturated heterocycles. The van der Waals surface area contributed by atoms with Gasteiger partial charge >= 0.3 is 8.60 Å². The van der Waals surface area contributed by atoms with E-state index in [0.717, 1.165) is 30.7 Å². The Hall–Kier alpha value is 0.190. The van der Waals surface area contributed by atoms with Gasteiger partial charge in [0.25, 0.3) is 0 Å². The van der Waals surface area contributed by atoms with Crippen molar-refractivity contribution >= 4 is 8.60 Å². The van der Waals surface area contributed by atoms with Crippen LogP contribution in [-0.2, 0) is 9.26 Å². The highest BCUT2D eigenvalue weighted by molar-refractivity contribution is 7.39. The van der Waals surface area contributed by atoms with Crippen molar-refractivity contribution in [3.05, 3.63) is 0 Å². The summed E-state index contributed by atoms with van der Waals surface area (Å²) in [7, 11) is -2.23. The van der Waals surface area contributed by atoms with E-state index in [4.69, 9.17) is 24.8 Å². The van der Waals surface area contributed by atoms with Crippen LogP contribution in [0.5, 0.6) is 0 Å². The van der Waals surface area contributed by atoms with E-state index in [1.54, 1.807) is 0 Å². The van der Waals surface area contributed by atoms with Crippen LogP contribution < -0.4 is 5.73 Å². The van der Waals surface area contributed by atoms with E-state index in [1.165, 1.54) is 19.3 Å². The Morgan fingerprint density at radius 3 is 2.28 bits per heavy atom. The van der Waals surface area contributed by atoms with Gasteiger partial charge in [0.15, 0.2) is 0 Å². The number of nitrogens with two attached hydrogens (primary N) is 1. The Balaban J connectivity index is 2.32. The first kappa shape index (κ1) is 16.2. The van der Waals surface area contributed by atoms with Crippen molar-refractivity contribution in [1.29, 1.82) is 0 Å². The van der Waals surface area contributed by atoms with Gasteiger partial charge in [0, 0.05) is 6.54 Å². The molecule has 0 amide bonds. The van der Waals surface area contributed by atoms with E-state index < -0.39 is 8.60 Å². The van der Waals surface area contributed by atoms with Crippen LogP contribution in [0.4, 0.5) is 0 Å². The second-order valence-corrected chi connectivity index (χ2v) is 5.55. The second-order valence-electron chi connectivity index (χ2n) is 4.78. The molecule has 4 N–H and O–H groups in total. The van der Waals surface area contributed by atoms with Crippen molar-refractivity contribution in [2.24, 2.45) is 5.73 Å². The molecule has 6 nitrogen and oxygen atoms in total. The molecule has 1 fully saturated rings. The molecule has 0 aromatic carbocycles. The first-order valence-corrected chi connectivity index (χ1v) is 7.79. The summed E-state index contributed by atoms with van der Waals surface area (Å²) in [6.45, 7) is 6.32. The van der Waals surface area contributed by atoms with Gasteiger partial charge in [-0.2, -0.15) is 0 Å². The maximum Gasteiger partial charge on any atom is 0.327 e. The van der Waals surface area contributed by atoms with Gasteiger partial charge < -0.3 is 29.3 Å². The summed E-state index contributed by atoms with van der Waals surface area (Å²) in [5, 5.41) is 0. The number of rotatable bonds is 9. The zero-order valence-corrected chi connectivity index (χ0v) is 11.9. The Labute approximate surface area is 110 Å². The van der Waals surface area contributed by atoms with Gasteiger partial charge in [-0.05, 0) is 19.3 Å². The van der Waals surface area contributed by atoms with Crippen molar-refractivity contribution in [3.63, 3.8) is 0 Å². The largest absolute Gasteiger partial charge is 0.374 e. The Kier molecular flexibility index (Phi) is 8.26. The first-order valence-electron chi connectivity index (χ1n) is 6.62. The van der Waals surface area contributed by atoms with Crippen LogP contribution in [-0.4, -0.2) is 66.8 Å². The van der Waals surface area contributed by atoms with Crippen molar-refractivity contribution in [1.82, 2.24) is 0 Å². The lowest BCUT2D eigenvalue weighted by Crippen LogP contribution is -2.54. The molecule has 0 bridgehead atoms. The molecule has 108 valence electrons. The van der Waals surface area contributed by atoms with Gasteiger partial charge in [0.05, 0.1) is 26.3 Å². The van der Waals surface area contributed by atoms with Crippen LogP contribution in [0, 0.1) is 0 Å². The van der Waals surface area contributed by atoms with Crippen LogP contribution in [0.15, 0.2) is 0 Å². The summed E-state index contributed by atoms with van der Waals surface area (Å²) in [6, 6.07) is 0. The van der Waals surface area contributed by atoms with Gasteiger partial charge in [-0.3, -0.25) is 0 Å². The van der Waals surface area contributed by atoms with E-state index in [-0.39, 0.29) is 0 Å². The van der Waals surface area contributed by atoms with E-state index in [9.17, 15) is 0 Å². The van der Waals surface area contributed by atoms with Gasteiger partial charge in [-0.15, -0.1) is 0 Å². The third-order valence-electron chi connectivity index (χ3n) is 3.51. The monoisotopic (exact) mass is 281 g/mol. The van der Waals surface area contributed by atoms with Crippen LogP contribution in [0.25, 0.3) is 0 Å². The number of nitrogens with zero attached hydrogens (tertiary/aromatic N) is 1. The number of piperidine rings is 1. The molecule has 1 aliphatic rings. The fraction of sp³-hybridized carbons (Fsp3) is 1.00. The summed E-state index contributed by atoms with van der Waals surface area (Å²) < 4.78 is 11.3. The molecule has 0 spiro atoms. The highest BCUT2D eigenvalue weighted by Crippen LogP contribution is 2.25. The van der Waals surface area contributed by atoms with Crippen molar-refractivity contribution < 1.29 is 23.5 Å². The quantitative estimate of drug-likeness (QED) is 0.319. The molecule has 0 aromatic heterocycles. The fourth-order valence-electron chi connectivity index (χ4n) is 2.50. The maximum absolute atomic E-state index is 8.76. The molecule has 0 aromatic rings. The molecular weight excluding hydrogens is 255 g/mol. The lowest BCUT2D eigenvalue weighted by atomic mass is 10.1. The number of likely N-dealkylation sites (tertiary alicyclic amines) is 1. The molecule has 0 saturated carbocycles. The fourth-order valence-corrected chi connectivity index (χ4v) is 2.75. The van der Waals surface area contributed by atoms with Gasteiger partial charge in [0.1, 0.15) is 19.7 Å². The second kappa shape index (κ2) is 9.15. The van der Waals surface area contributed by atoms with Crippen molar-refractivity contribution in [2.75, 3.05) is 52.5 Å². The zero-order valence-electron chi connectivity index (χ0n) is 11.0. The predicted molar refractivity (Wildman–Crippen MR) is 70.8 cm³/mol. The lowest BCUT2D eigenvalue weighted by molar-refractivity contribution is -0.932. The number of ether oxygens (including phenoxy) is 1. The number of hydrogen-bond donors (Lipinski definition) is 3. The summed E-state index contributed by atoms with van der Waals surface area (Å²) in [4.78, 5) is 17.5. The van der Waals surface area contributed by atoms with E-state index in [1.807, 2.05) is 0 Å². The van der Waals surface area contributed by atoms with Gasteiger partial charge in [-0.25, -0.2) is 0 Å². The minimum absolute atomic E-state index is 0.398. The van der Waals surface area contributed by atoms with Crippen molar-refractivity contribution in [3.8, 4) is 0 Å². The number of quaternary nitrogens is 1. The minimum Gasteiger partial charge on any atom is -0.374 e. The Morgan fingerprint density at radius 1 is 1.00 bits per heavy atom. The van der Waals surface area contributed by atoms with Crippen LogP contribution in [0.2, 0.25) is 0 Å². The number of hydrogen-bond acceptors (Lipinski definition) is 5. The lowest BCUT2D eigenvalue weighted by Gasteiger charge is -2.41. The Bertz CT molecular complexity index is 213. The summed E-state index contributed by atoms with van der Waals surface area (Å²) in [5.41, 5.74) is 5.39. The van der Waals surface area contributed by atoms with E-state index in [0.29, 0.717) is 26.4 Å². The normalized spacial score (nSPS) is 19.3. The third kappa shape index (κ3) is 6.38. The standard InChI is InChI=1S/C11H26N2O4P/c12-4-9-16-10-7-13(5-2-1-3-6-13)8-11-17-18(14)15/h14-15H,1-12H2/q+1. The SMILES string of the molecule is NCCOCC[N+]1(CCOP(O)O)CCCCC1. The Morgan fingerprint density at radius 2 is 1.67 bits per heavy atom. The average molecular weight is 281 g/mol. The topological polar surface area (TPSA) is 84.9 Å². The minimum atomic E-state index is -2.23. The maximum atomic E-state index is 8.76. The predicted octanol–water partition coefficient (Wildman–Crippen LogP) is 0.190. The molecule has 0 atom stereocenters. The molecule has 1 rings (SSSR count). The summed E-state index contributed by atoms with van der Waals surface area (Å²) in [5.74, 6) is 0. The van der Waals surface area contributed by atoms with E-state index in [2.05, 4.69) is 0 Å². The molecule has 0 aliphatic carbocycles. The smallest absolute Gasteiger partial charge is 0.327 e. The summed E-state index contributed by atoms with van der Waals surface area (Å²) in [6.07, 6.45) is 3.74. The molecule has 0 radical (unpaired) electrons. The van der Waals surface area contributed by atoms with Crippen molar-refractivity contribution in [2.45, 2.75) is 19.3 Å². The molecule has 0 unspecified atom stereocenters. The van der Waals surface area contributed by atoms with Crippen LogP contribution in [0.3, 0.4) is 0 Å². The van der Waals surface area contributed by atoms with Gasteiger partial charge in [0.2, 0.25) is 0 Å². The molecule has 18 heavy (non-hydrogen) atoms. The van der Waals surface area contributed by atoms with Gasteiger partial charge in [-0.1, -0.05) is 0 Å². The zero-order chi connectivity index (χ0) is 13.3. The molecule has 7 heteroatoms. The highest BCUT2D eigenvalue weighted by Gasteiger charge is 2.29. The molecule has 1 aliphatic heterocycles. The first-order chi connectivity index (χ1) is 8.68. The van der Waals surface area contributed by atoms with Crippen LogP contribution in [0.1, 0.15) is 19.3 Å². The third-order valence-corrected chi connectivity index (χ3v) is 3.92. The van der Waals surface area contributed by atoms with E-state index >= 15 is 0 Å².